The molecule has 5 nitrogen and oxygen atoms in total. The fraction of sp³-hybridized carbons (Fsp3) is 0.208. The quantitative estimate of drug-likeness (QED) is 0.306. The molecule has 1 amide bonds. The number of thioether (sulfide) groups is 1. The Bertz CT molecular complexity index is 1180. The van der Waals surface area contributed by atoms with Gasteiger partial charge in [-0.2, -0.15) is 0 Å². The van der Waals surface area contributed by atoms with Crippen molar-refractivity contribution >= 4 is 34.1 Å². The van der Waals surface area contributed by atoms with Crippen LogP contribution in [0.15, 0.2) is 71.9 Å². The smallest absolute Gasteiger partial charge is 0.256 e. The van der Waals surface area contributed by atoms with Gasteiger partial charge in [-0.05, 0) is 35.4 Å². The van der Waals surface area contributed by atoms with Crippen LogP contribution >= 0.6 is 11.8 Å². The van der Waals surface area contributed by atoms with Crippen LogP contribution in [0.5, 0.6) is 0 Å². The molecular formula is C24H24N4OS. The summed E-state index contributed by atoms with van der Waals surface area (Å²) in [4.78, 5) is 12.9. The number of amides is 1. The number of carbonyl (C=O) groups is 1. The summed E-state index contributed by atoms with van der Waals surface area (Å²) in [6.07, 6.45) is 2.32. The maximum atomic E-state index is 12.9. The van der Waals surface area contributed by atoms with Crippen LogP contribution in [0.4, 0.5) is 5.69 Å². The second kappa shape index (κ2) is 9.13. The van der Waals surface area contributed by atoms with Crippen LogP contribution in [0.2, 0.25) is 0 Å². The van der Waals surface area contributed by atoms with Crippen LogP contribution in [-0.4, -0.2) is 26.4 Å². The third-order valence-corrected chi connectivity index (χ3v) is 6.08. The molecule has 0 spiro atoms. The largest absolute Gasteiger partial charge is 0.322 e. The molecule has 4 rings (SSSR count). The lowest BCUT2D eigenvalue weighted by atomic mass is 10.0. The lowest BCUT2D eigenvalue weighted by molar-refractivity contribution is 0.102. The van der Waals surface area contributed by atoms with Crippen molar-refractivity contribution in [3.05, 3.63) is 72.3 Å². The van der Waals surface area contributed by atoms with Crippen molar-refractivity contribution < 1.29 is 4.79 Å². The number of aromatic nitrogens is 3. The molecule has 0 radical (unpaired) electrons. The van der Waals surface area contributed by atoms with Crippen molar-refractivity contribution in [1.29, 1.82) is 0 Å². The minimum Gasteiger partial charge on any atom is -0.322 e. The zero-order valence-corrected chi connectivity index (χ0v) is 17.9. The molecule has 0 bridgehead atoms. The molecule has 30 heavy (non-hydrogen) atoms. The van der Waals surface area contributed by atoms with Crippen LogP contribution in [0.3, 0.4) is 0 Å². The topological polar surface area (TPSA) is 59.8 Å². The standard InChI is InChI=1S/C24H24N4OS/c1-3-4-15-30-24-27-26-22(28(24)2)18-11-7-12-19(16-18)25-23(29)21-14-8-10-17-9-5-6-13-20(17)21/h5-14,16H,3-4,15H2,1-2H3,(H,25,29). The van der Waals surface area contributed by atoms with Crippen LogP contribution in [0.1, 0.15) is 30.1 Å². The second-order valence-electron chi connectivity index (χ2n) is 7.13. The summed E-state index contributed by atoms with van der Waals surface area (Å²) in [5, 5.41) is 14.6. The number of carbonyl (C=O) groups excluding carboxylic acids is 1. The van der Waals surface area contributed by atoms with Gasteiger partial charge in [0.25, 0.3) is 5.91 Å². The Kier molecular flexibility index (Phi) is 6.14. The molecular weight excluding hydrogens is 392 g/mol. The number of benzene rings is 3. The molecule has 1 N–H and O–H groups in total. The third kappa shape index (κ3) is 4.24. The fourth-order valence-electron chi connectivity index (χ4n) is 3.36. The van der Waals surface area contributed by atoms with Crippen molar-refractivity contribution in [3.8, 4) is 11.4 Å². The van der Waals surface area contributed by atoms with Crippen LogP contribution in [0.25, 0.3) is 22.2 Å². The average Bonchev–Trinajstić information content (AvgIpc) is 3.14. The molecule has 0 fully saturated rings. The van der Waals surface area contributed by atoms with Crippen molar-refractivity contribution in [1.82, 2.24) is 14.8 Å². The Labute approximate surface area is 180 Å². The van der Waals surface area contributed by atoms with E-state index < -0.39 is 0 Å². The molecule has 0 saturated carbocycles. The van der Waals surface area contributed by atoms with Crippen LogP contribution in [0, 0.1) is 0 Å². The maximum Gasteiger partial charge on any atom is 0.256 e. The minimum atomic E-state index is -0.127. The Morgan fingerprint density at radius 1 is 1.03 bits per heavy atom. The van der Waals surface area contributed by atoms with E-state index in [-0.39, 0.29) is 5.91 Å². The number of unbranched alkanes of at least 4 members (excludes halogenated alkanes) is 1. The molecule has 0 atom stereocenters. The van der Waals surface area contributed by atoms with Gasteiger partial charge >= 0.3 is 0 Å². The number of hydrogen-bond donors (Lipinski definition) is 1. The first-order valence-corrected chi connectivity index (χ1v) is 11.1. The van der Waals surface area contributed by atoms with E-state index in [1.54, 1.807) is 11.8 Å². The molecule has 0 saturated heterocycles. The second-order valence-corrected chi connectivity index (χ2v) is 8.19. The van der Waals surface area contributed by atoms with Crippen molar-refractivity contribution in [2.75, 3.05) is 11.1 Å². The Balaban J connectivity index is 1.56. The van der Waals surface area contributed by atoms with Crippen LogP contribution in [-0.2, 0) is 7.05 Å². The van der Waals surface area contributed by atoms with Crippen molar-refractivity contribution in [3.63, 3.8) is 0 Å². The first kappa shape index (κ1) is 20.2. The number of hydrogen-bond acceptors (Lipinski definition) is 4. The summed E-state index contributed by atoms with van der Waals surface area (Å²) in [6.45, 7) is 2.18. The van der Waals surface area contributed by atoms with Gasteiger partial charge in [-0.25, -0.2) is 0 Å². The number of anilines is 1. The number of nitrogens with one attached hydrogen (secondary N) is 1. The molecule has 0 aliphatic carbocycles. The van der Waals surface area contributed by atoms with E-state index in [1.807, 2.05) is 78.3 Å². The molecule has 4 aromatic rings. The first-order valence-electron chi connectivity index (χ1n) is 10.1. The highest BCUT2D eigenvalue weighted by molar-refractivity contribution is 7.99. The van der Waals surface area contributed by atoms with Gasteiger partial charge in [-0.3, -0.25) is 4.79 Å². The first-order chi connectivity index (χ1) is 14.7. The lowest BCUT2D eigenvalue weighted by Crippen LogP contribution is -2.12. The summed E-state index contributed by atoms with van der Waals surface area (Å²) in [5.41, 5.74) is 2.31. The van der Waals surface area contributed by atoms with Crippen molar-refractivity contribution in [2.45, 2.75) is 24.9 Å². The van der Waals surface area contributed by atoms with Crippen molar-refractivity contribution in [2.24, 2.45) is 7.05 Å². The lowest BCUT2D eigenvalue weighted by Gasteiger charge is -2.10. The van der Waals surface area contributed by atoms with E-state index in [0.717, 1.165) is 51.6 Å². The normalized spacial score (nSPS) is 11.0. The Hall–Kier alpha value is -3.12. The summed E-state index contributed by atoms with van der Waals surface area (Å²) in [7, 11) is 1.98. The van der Waals surface area contributed by atoms with Gasteiger partial charge in [-0.1, -0.05) is 73.6 Å². The summed E-state index contributed by atoms with van der Waals surface area (Å²) < 4.78 is 2.01. The van der Waals surface area contributed by atoms with Gasteiger partial charge in [0.1, 0.15) is 0 Å². The zero-order chi connectivity index (χ0) is 20.9. The third-order valence-electron chi connectivity index (χ3n) is 4.98. The zero-order valence-electron chi connectivity index (χ0n) is 17.1. The van der Waals surface area contributed by atoms with E-state index in [1.165, 1.54) is 0 Å². The molecule has 0 aliphatic rings. The number of rotatable bonds is 7. The van der Waals surface area contributed by atoms with E-state index >= 15 is 0 Å². The number of nitrogens with zero attached hydrogens (tertiary/aromatic N) is 3. The van der Waals surface area contributed by atoms with E-state index in [2.05, 4.69) is 22.4 Å². The summed E-state index contributed by atoms with van der Waals surface area (Å²) in [6, 6.07) is 21.4. The predicted octanol–water partition coefficient (Wildman–Crippen LogP) is 5.78. The monoisotopic (exact) mass is 416 g/mol. The van der Waals surface area contributed by atoms with E-state index in [4.69, 9.17) is 0 Å². The average molecular weight is 417 g/mol. The molecule has 1 heterocycles. The molecule has 3 aromatic carbocycles. The Morgan fingerprint density at radius 2 is 1.83 bits per heavy atom. The minimum absolute atomic E-state index is 0.127. The maximum absolute atomic E-state index is 12.9. The summed E-state index contributed by atoms with van der Waals surface area (Å²) >= 11 is 1.72. The van der Waals surface area contributed by atoms with E-state index in [9.17, 15) is 4.79 Å². The fourth-order valence-corrected chi connectivity index (χ4v) is 4.35. The van der Waals surface area contributed by atoms with Gasteiger partial charge in [0.05, 0.1) is 0 Å². The van der Waals surface area contributed by atoms with Gasteiger partial charge in [0.2, 0.25) is 0 Å². The van der Waals surface area contributed by atoms with E-state index in [0.29, 0.717) is 5.56 Å². The highest BCUT2D eigenvalue weighted by Crippen LogP contribution is 2.26. The molecule has 152 valence electrons. The highest BCUT2D eigenvalue weighted by atomic mass is 32.2. The van der Waals surface area contributed by atoms with Gasteiger partial charge in [0.15, 0.2) is 11.0 Å². The van der Waals surface area contributed by atoms with Gasteiger partial charge in [0, 0.05) is 29.6 Å². The van der Waals surface area contributed by atoms with Gasteiger partial charge < -0.3 is 9.88 Å². The van der Waals surface area contributed by atoms with Gasteiger partial charge in [-0.15, -0.1) is 10.2 Å². The SMILES string of the molecule is CCCCSc1nnc(-c2cccc(NC(=O)c3cccc4ccccc34)c2)n1C. The van der Waals surface area contributed by atoms with Crippen LogP contribution < -0.4 is 5.32 Å². The molecule has 6 heteroatoms. The highest BCUT2D eigenvalue weighted by Gasteiger charge is 2.13. The number of fused-ring (bicyclic) bond motifs is 1. The summed E-state index contributed by atoms with van der Waals surface area (Å²) in [5.74, 6) is 1.69. The predicted molar refractivity (Wildman–Crippen MR) is 124 cm³/mol. The molecule has 1 aromatic heterocycles. The molecule has 0 aliphatic heterocycles. The Morgan fingerprint density at radius 3 is 2.70 bits per heavy atom. The molecule has 0 unspecified atom stereocenters.